The second-order valence-electron chi connectivity index (χ2n) is 9.18. The fourth-order valence-corrected chi connectivity index (χ4v) is 5.58. The van der Waals surface area contributed by atoms with Gasteiger partial charge in [-0.15, -0.1) is 0 Å². The average molecular weight is 509 g/mol. The number of carbonyl (C=O) groups excluding carboxylic acids is 1. The molecule has 0 saturated carbocycles. The molecule has 190 valence electrons. The molecule has 1 saturated heterocycles. The van der Waals surface area contributed by atoms with Crippen LogP contribution in [-0.4, -0.2) is 54.0 Å². The molecular formula is C24H30F2N4O4S. The first kappa shape index (κ1) is 26.5. The molecule has 1 aliphatic rings. The van der Waals surface area contributed by atoms with Crippen LogP contribution in [-0.2, 0) is 14.6 Å². The average Bonchev–Trinajstić information content (AvgIpc) is 3.10. The van der Waals surface area contributed by atoms with Gasteiger partial charge in [0.15, 0.2) is 0 Å². The van der Waals surface area contributed by atoms with Crippen molar-refractivity contribution in [1.82, 2.24) is 15.1 Å². The largest absolute Gasteiger partial charge is 0.435 e. The van der Waals surface area contributed by atoms with Crippen molar-refractivity contribution in [2.75, 3.05) is 11.5 Å². The van der Waals surface area contributed by atoms with Crippen LogP contribution < -0.4 is 10.1 Å². The first-order chi connectivity index (χ1) is 16.3. The zero-order valence-electron chi connectivity index (χ0n) is 20.2. The molecule has 8 nitrogen and oxygen atoms in total. The SMILES string of the molecule is C=C(/C=N\c1c(-c2cccc(OC(F)F)c2)nn(C(C)C)c1C)C(=O)NC1(C)CCS(=O)(=O)CC1. The number of ether oxygens (including phenoxy) is 1. The van der Waals surface area contributed by atoms with Crippen molar-refractivity contribution in [3.8, 4) is 17.0 Å². The van der Waals surface area contributed by atoms with Gasteiger partial charge in [0, 0.05) is 23.4 Å². The van der Waals surface area contributed by atoms with Crippen LogP contribution in [0.1, 0.15) is 45.3 Å². The Morgan fingerprint density at radius 3 is 2.57 bits per heavy atom. The Hall–Kier alpha value is -3.08. The molecule has 0 bridgehead atoms. The number of alkyl halides is 2. The summed E-state index contributed by atoms with van der Waals surface area (Å²) in [5.41, 5.74) is 1.63. The Balaban J connectivity index is 1.86. The lowest BCUT2D eigenvalue weighted by Gasteiger charge is -2.34. The van der Waals surface area contributed by atoms with Gasteiger partial charge in [0.25, 0.3) is 5.91 Å². The monoisotopic (exact) mass is 508 g/mol. The smallest absolute Gasteiger partial charge is 0.387 e. The number of halogens is 2. The maximum Gasteiger partial charge on any atom is 0.387 e. The number of rotatable bonds is 8. The summed E-state index contributed by atoms with van der Waals surface area (Å²) >= 11 is 0. The molecule has 0 unspecified atom stereocenters. The molecule has 1 aromatic heterocycles. The number of aliphatic imine (C=N–C) groups is 1. The minimum Gasteiger partial charge on any atom is -0.435 e. The predicted octanol–water partition coefficient (Wildman–Crippen LogP) is 4.38. The summed E-state index contributed by atoms with van der Waals surface area (Å²) in [4.78, 5) is 17.2. The highest BCUT2D eigenvalue weighted by Crippen LogP contribution is 2.35. The molecule has 35 heavy (non-hydrogen) atoms. The van der Waals surface area contributed by atoms with Crippen molar-refractivity contribution >= 4 is 27.6 Å². The Morgan fingerprint density at radius 2 is 1.97 bits per heavy atom. The van der Waals surface area contributed by atoms with E-state index < -0.39 is 27.9 Å². The lowest BCUT2D eigenvalue weighted by Crippen LogP contribution is -2.51. The molecule has 1 amide bonds. The quantitative estimate of drug-likeness (QED) is 0.421. The number of amides is 1. The summed E-state index contributed by atoms with van der Waals surface area (Å²) in [6.07, 6.45) is 1.98. The van der Waals surface area contributed by atoms with Crippen LogP contribution in [0.25, 0.3) is 11.3 Å². The number of sulfone groups is 1. The van der Waals surface area contributed by atoms with Crippen LogP contribution in [0, 0.1) is 6.92 Å². The van der Waals surface area contributed by atoms with Gasteiger partial charge in [0.2, 0.25) is 0 Å². The van der Waals surface area contributed by atoms with E-state index in [4.69, 9.17) is 0 Å². The normalized spacial score (nSPS) is 17.1. The summed E-state index contributed by atoms with van der Waals surface area (Å²) in [6.45, 7) is 8.39. The van der Waals surface area contributed by atoms with Gasteiger partial charge in [-0.05, 0) is 52.7 Å². The summed E-state index contributed by atoms with van der Waals surface area (Å²) in [5.74, 6) is -0.403. The first-order valence-electron chi connectivity index (χ1n) is 11.2. The van der Waals surface area contributed by atoms with Gasteiger partial charge in [-0.1, -0.05) is 18.7 Å². The maximum absolute atomic E-state index is 12.7. The predicted molar refractivity (Wildman–Crippen MR) is 131 cm³/mol. The van der Waals surface area contributed by atoms with Gasteiger partial charge >= 0.3 is 6.61 Å². The number of benzene rings is 1. The van der Waals surface area contributed by atoms with Gasteiger partial charge in [-0.3, -0.25) is 14.5 Å². The minimum absolute atomic E-state index is 0.00397. The highest BCUT2D eigenvalue weighted by molar-refractivity contribution is 7.91. The number of hydrogen-bond acceptors (Lipinski definition) is 6. The zero-order chi connectivity index (χ0) is 26.0. The highest BCUT2D eigenvalue weighted by Gasteiger charge is 2.34. The van der Waals surface area contributed by atoms with Gasteiger partial charge in [-0.2, -0.15) is 13.9 Å². The topological polar surface area (TPSA) is 103 Å². The van der Waals surface area contributed by atoms with Crippen molar-refractivity contribution in [3.05, 3.63) is 42.1 Å². The van der Waals surface area contributed by atoms with E-state index in [0.29, 0.717) is 29.8 Å². The van der Waals surface area contributed by atoms with Gasteiger partial charge in [0.05, 0.1) is 22.8 Å². The molecule has 2 aromatic rings. The van der Waals surface area contributed by atoms with Crippen molar-refractivity contribution in [2.24, 2.45) is 4.99 Å². The maximum atomic E-state index is 12.7. The van der Waals surface area contributed by atoms with Crippen LogP contribution in [0.3, 0.4) is 0 Å². The van der Waals surface area contributed by atoms with E-state index in [1.165, 1.54) is 18.3 Å². The summed E-state index contributed by atoms with van der Waals surface area (Å²) in [6, 6.07) is 6.18. The zero-order valence-corrected chi connectivity index (χ0v) is 21.0. The van der Waals surface area contributed by atoms with Crippen molar-refractivity contribution < 1.29 is 26.7 Å². The fraction of sp³-hybridized carbons (Fsp3) is 0.458. The van der Waals surface area contributed by atoms with E-state index in [1.54, 1.807) is 16.8 Å². The Kier molecular flexibility index (Phi) is 7.78. The molecule has 1 aromatic carbocycles. The molecule has 2 heterocycles. The third-order valence-electron chi connectivity index (χ3n) is 5.93. The van der Waals surface area contributed by atoms with Crippen LogP contribution >= 0.6 is 0 Å². The first-order valence-corrected chi connectivity index (χ1v) is 13.0. The Morgan fingerprint density at radius 1 is 1.31 bits per heavy atom. The van der Waals surface area contributed by atoms with E-state index in [1.807, 2.05) is 27.7 Å². The van der Waals surface area contributed by atoms with Crippen LogP contribution in [0.2, 0.25) is 0 Å². The van der Waals surface area contributed by atoms with Crippen molar-refractivity contribution in [3.63, 3.8) is 0 Å². The summed E-state index contributed by atoms with van der Waals surface area (Å²) in [5, 5.41) is 7.49. The molecule has 0 spiro atoms. The van der Waals surface area contributed by atoms with E-state index in [-0.39, 0.29) is 28.9 Å². The molecule has 1 N–H and O–H groups in total. The molecule has 0 aliphatic carbocycles. The summed E-state index contributed by atoms with van der Waals surface area (Å²) in [7, 11) is -3.07. The molecule has 3 rings (SSSR count). The summed E-state index contributed by atoms with van der Waals surface area (Å²) < 4.78 is 55.1. The van der Waals surface area contributed by atoms with Gasteiger partial charge in [-0.25, -0.2) is 8.42 Å². The van der Waals surface area contributed by atoms with Gasteiger partial charge < -0.3 is 10.1 Å². The van der Waals surface area contributed by atoms with Crippen molar-refractivity contribution in [2.45, 2.75) is 58.7 Å². The standard InChI is InChI=1S/C24H30F2N4O4S/c1-15(2)30-17(4)20(21(29-30)18-7-6-8-19(13-18)34-23(25)26)27-14-16(3)22(31)28-24(5)9-11-35(32,33)12-10-24/h6-8,13-15,23H,3,9-12H2,1-2,4-5H3,(H,28,31)/b27-14-. The highest BCUT2D eigenvalue weighted by atomic mass is 32.2. The van der Waals surface area contributed by atoms with E-state index in [9.17, 15) is 22.0 Å². The number of carbonyl (C=O) groups is 1. The lowest BCUT2D eigenvalue weighted by molar-refractivity contribution is -0.118. The number of hydrogen-bond donors (Lipinski definition) is 1. The van der Waals surface area contributed by atoms with E-state index in [2.05, 4.69) is 26.7 Å². The Bertz CT molecular complexity index is 1240. The second kappa shape index (κ2) is 10.3. The van der Waals surface area contributed by atoms with Crippen molar-refractivity contribution in [1.29, 1.82) is 0 Å². The molecule has 0 radical (unpaired) electrons. The third kappa shape index (κ3) is 6.53. The van der Waals surface area contributed by atoms with Crippen LogP contribution in [0.4, 0.5) is 14.5 Å². The number of nitrogens with zero attached hydrogens (tertiary/aromatic N) is 3. The number of aromatic nitrogens is 2. The minimum atomic E-state index is -3.07. The second-order valence-corrected chi connectivity index (χ2v) is 11.5. The molecule has 11 heteroatoms. The molecule has 1 fully saturated rings. The lowest BCUT2D eigenvalue weighted by atomic mass is 9.94. The third-order valence-corrected chi connectivity index (χ3v) is 7.58. The fourth-order valence-electron chi connectivity index (χ4n) is 3.85. The Labute approximate surface area is 204 Å². The molecular weight excluding hydrogens is 478 g/mol. The molecule has 0 atom stereocenters. The van der Waals surface area contributed by atoms with Crippen LogP contribution in [0.15, 0.2) is 41.4 Å². The van der Waals surface area contributed by atoms with Crippen LogP contribution in [0.5, 0.6) is 5.75 Å². The van der Waals surface area contributed by atoms with E-state index >= 15 is 0 Å². The van der Waals surface area contributed by atoms with Gasteiger partial charge in [0.1, 0.15) is 27.0 Å². The number of nitrogens with one attached hydrogen (secondary N) is 1. The van der Waals surface area contributed by atoms with E-state index in [0.717, 1.165) is 5.69 Å². The molecule has 1 aliphatic heterocycles.